The molecule has 3 saturated heterocycles. The number of carbonyl (C=O) groups excluding carboxylic acids is 2. The normalized spacial score (nSPS) is 21.2. The van der Waals surface area contributed by atoms with E-state index in [9.17, 15) is 9.59 Å². The third kappa shape index (κ3) is 5.28. The van der Waals surface area contributed by atoms with Crippen LogP contribution in [0.25, 0.3) is 10.8 Å². The molecule has 3 fully saturated rings. The molecule has 0 saturated carbocycles. The molecule has 0 spiro atoms. The average Bonchev–Trinajstić information content (AvgIpc) is 2.92. The van der Waals surface area contributed by atoms with Gasteiger partial charge in [0.15, 0.2) is 0 Å². The molecule has 3 aliphatic heterocycles. The molecule has 0 unspecified atom stereocenters. The van der Waals surface area contributed by atoms with Gasteiger partial charge in [0.2, 0.25) is 5.91 Å². The number of likely N-dealkylation sites (tertiary alicyclic amines) is 2. The molecule has 2 amide bonds. The molecule has 5 rings (SSSR count). The van der Waals surface area contributed by atoms with Gasteiger partial charge in [-0.25, -0.2) is 0 Å². The monoisotopic (exact) mass is 463 g/mol. The van der Waals surface area contributed by atoms with Gasteiger partial charge in [-0.3, -0.25) is 14.5 Å². The number of piperidine rings is 2. The summed E-state index contributed by atoms with van der Waals surface area (Å²) in [7, 11) is 0. The molecule has 6 heteroatoms. The van der Waals surface area contributed by atoms with Crippen LogP contribution in [0.3, 0.4) is 0 Å². The van der Waals surface area contributed by atoms with Crippen molar-refractivity contribution in [3.05, 3.63) is 48.0 Å². The second-order valence-corrected chi connectivity index (χ2v) is 10.1. The molecule has 0 aliphatic carbocycles. The Morgan fingerprint density at radius 1 is 0.794 bits per heavy atom. The fourth-order valence-corrected chi connectivity index (χ4v) is 5.80. The topological polar surface area (TPSA) is 53.1 Å². The lowest BCUT2D eigenvalue weighted by molar-refractivity contribution is -0.138. The fourth-order valence-electron chi connectivity index (χ4n) is 5.80. The molecule has 34 heavy (non-hydrogen) atoms. The first-order valence-electron chi connectivity index (χ1n) is 13.0. The van der Waals surface area contributed by atoms with Crippen molar-refractivity contribution in [3.8, 4) is 0 Å². The minimum absolute atomic E-state index is 0.0569. The van der Waals surface area contributed by atoms with E-state index in [0.717, 1.165) is 93.9 Å². The lowest BCUT2D eigenvalue weighted by Crippen LogP contribution is -2.47. The first-order chi connectivity index (χ1) is 16.7. The van der Waals surface area contributed by atoms with Gasteiger partial charge in [0.25, 0.3) is 5.91 Å². The first kappa shape index (κ1) is 23.3. The minimum atomic E-state index is 0.0569. The molecule has 0 N–H and O–H groups in total. The number of rotatable bonds is 5. The van der Waals surface area contributed by atoms with E-state index in [1.807, 2.05) is 47.4 Å². The van der Waals surface area contributed by atoms with E-state index in [4.69, 9.17) is 4.74 Å². The summed E-state index contributed by atoms with van der Waals surface area (Å²) < 4.78 is 5.44. The van der Waals surface area contributed by atoms with Crippen LogP contribution in [0.5, 0.6) is 0 Å². The van der Waals surface area contributed by atoms with Gasteiger partial charge in [-0.1, -0.05) is 36.4 Å². The molecule has 0 aromatic heterocycles. The Morgan fingerprint density at radius 2 is 1.47 bits per heavy atom. The van der Waals surface area contributed by atoms with Crippen LogP contribution in [0, 0.1) is 11.8 Å². The maximum atomic E-state index is 13.2. The van der Waals surface area contributed by atoms with Crippen molar-refractivity contribution in [2.24, 2.45) is 11.8 Å². The summed E-state index contributed by atoms with van der Waals surface area (Å²) in [5.74, 6) is 1.18. The maximum absolute atomic E-state index is 13.2. The summed E-state index contributed by atoms with van der Waals surface area (Å²) in [4.78, 5) is 32.9. The highest BCUT2D eigenvalue weighted by molar-refractivity contribution is 6.07. The second kappa shape index (κ2) is 10.9. The van der Waals surface area contributed by atoms with Crippen LogP contribution in [-0.2, 0) is 9.53 Å². The molecule has 3 heterocycles. The number of morpholine rings is 1. The number of carbonyl (C=O) groups is 2. The van der Waals surface area contributed by atoms with Crippen molar-refractivity contribution in [1.82, 2.24) is 14.7 Å². The predicted octanol–water partition coefficient (Wildman–Crippen LogP) is 3.65. The molecule has 0 atom stereocenters. The third-order valence-electron chi connectivity index (χ3n) is 8.03. The molecule has 0 bridgehead atoms. The Balaban J connectivity index is 1.08. The van der Waals surface area contributed by atoms with E-state index in [-0.39, 0.29) is 11.8 Å². The van der Waals surface area contributed by atoms with E-state index in [1.54, 1.807) is 0 Å². The maximum Gasteiger partial charge on any atom is 0.254 e. The summed E-state index contributed by atoms with van der Waals surface area (Å²) in [6.07, 6.45) is 5.01. The van der Waals surface area contributed by atoms with Crippen molar-refractivity contribution in [2.75, 3.05) is 59.0 Å². The molecule has 2 aromatic carbocycles. The summed E-state index contributed by atoms with van der Waals surface area (Å²) in [5, 5.41) is 2.09. The lowest BCUT2D eigenvalue weighted by atomic mass is 9.90. The number of benzene rings is 2. The second-order valence-electron chi connectivity index (χ2n) is 10.1. The Hall–Kier alpha value is -2.44. The van der Waals surface area contributed by atoms with Crippen LogP contribution in [0.1, 0.15) is 42.5 Å². The molecular weight excluding hydrogens is 426 g/mol. The Bertz CT molecular complexity index is 982. The predicted molar refractivity (Wildman–Crippen MR) is 134 cm³/mol. The Morgan fingerprint density at radius 3 is 2.24 bits per heavy atom. The van der Waals surface area contributed by atoms with E-state index < -0.39 is 0 Å². The summed E-state index contributed by atoms with van der Waals surface area (Å²) >= 11 is 0. The van der Waals surface area contributed by atoms with Gasteiger partial charge in [0.05, 0.1) is 13.2 Å². The summed E-state index contributed by atoms with van der Waals surface area (Å²) in [6, 6.07) is 14.0. The highest BCUT2D eigenvalue weighted by Crippen LogP contribution is 2.27. The molecule has 3 aliphatic rings. The number of hydrogen-bond donors (Lipinski definition) is 0. The van der Waals surface area contributed by atoms with Crippen LogP contribution >= 0.6 is 0 Å². The number of amides is 2. The van der Waals surface area contributed by atoms with Crippen molar-refractivity contribution >= 4 is 22.6 Å². The zero-order valence-electron chi connectivity index (χ0n) is 20.2. The van der Waals surface area contributed by atoms with Crippen LogP contribution < -0.4 is 0 Å². The van der Waals surface area contributed by atoms with Crippen LogP contribution in [0.2, 0.25) is 0 Å². The summed E-state index contributed by atoms with van der Waals surface area (Å²) in [6.45, 7) is 8.09. The Labute approximate surface area is 202 Å². The van der Waals surface area contributed by atoms with Gasteiger partial charge < -0.3 is 14.5 Å². The van der Waals surface area contributed by atoms with Crippen molar-refractivity contribution in [2.45, 2.75) is 32.1 Å². The zero-order valence-corrected chi connectivity index (χ0v) is 20.2. The quantitative estimate of drug-likeness (QED) is 0.679. The number of nitrogens with zero attached hydrogens (tertiary/aromatic N) is 3. The molecule has 6 nitrogen and oxygen atoms in total. The SMILES string of the molecule is O=C(c1cccc2ccccc12)N1CCC(C(=O)N2CCC(CCN3CCOCC3)CC2)CC1. The van der Waals surface area contributed by atoms with Gasteiger partial charge in [0.1, 0.15) is 0 Å². The average molecular weight is 464 g/mol. The number of ether oxygens (including phenoxy) is 1. The van der Waals surface area contributed by atoms with Crippen molar-refractivity contribution in [3.63, 3.8) is 0 Å². The molecule has 2 aromatic rings. The minimum Gasteiger partial charge on any atom is -0.379 e. The van der Waals surface area contributed by atoms with Gasteiger partial charge in [-0.05, 0) is 61.4 Å². The fraction of sp³-hybridized carbons (Fsp3) is 0.571. The number of fused-ring (bicyclic) bond motifs is 1. The largest absolute Gasteiger partial charge is 0.379 e. The third-order valence-corrected chi connectivity index (χ3v) is 8.03. The van der Waals surface area contributed by atoms with Crippen LogP contribution in [-0.4, -0.2) is 85.5 Å². The van der Waals surface area contributed by atoms with E-state index >= 15 is 0 Å². The Kier molecular flexibility index (Phi) is 7.45. The van der Waals surface area contributed by atoms with E-state index in [0.29, 0.717) is 19.0 Å². The zero-order chi connectivity index (χ0) is 23.3. The van der Waals surface area contributed by atoms with Gasteiger partial charge in [-0.2, -0.15) is 0 Å². The van der Waals surface area contributed by atoms with Crippen LogP contribution in [0.15, 0.2) is 42.5 Å². The van der Waals surface area contributed by atoms with E-state index in [2.05, 4.69) is 9.80 Å². The van der Waals surface area contributed by atoms with Gasteiger partial charge in [0, 0.05) is 50.7 Å². The molecule has 182 valence electrons. The molecular formula is C28H37N3O3. The van der Waals surface area contributed by atoms with Crippen molar-refractivity contribution in [1.29, 1.82) is 0 Å². The smallest absolute Gasteiger partial charge is 0.254 e. The van der Waals surface area contributed by atoms with Gasteiger partial charge >= 0.3 is 0 Å². The highest BCUT2D eigenvalue weighted by Gasteiger charge is 2.32. The standard InChI is InChI=1S/C28H37N3O3/c32-27(30-14-9-22(10-15-30)8-13-29-18-20-34-21-19-29)24-11-16-31(17-12-24)28(33)26-7-3-5-23-4-1-2-6-25(23)26/h1-7,22,24H,8-21H2. The molecule has 0 radical (unpaired) electrons. The van der Waals surface area contributed by atoms with E-state index in [1.165, 1.54) is 6.42 Å². The van der Waals surface area contributed by atoms with Gasteiger partial charge in [-0.15, -0.1) is 0 Å². The van der Waals surface area contributed by atoms with Crippen molar-refractivity contribution < 1.29 is 14.3 Å². The lowest BCUT2D eigenvalue weighted by Gasteiger charge is -2.38. The highest BCUT2D eigenvalue weighted by atomic mass is 16.5. The first-order valence-corrected chi connectivity index (χ1v) is 13.0. The number of hydrogen-bond acceptors (Lipinski definition) is 4. The van der Waals surface area contributed by atoms with Crippen LogP contribution in [0.4, 0.5) is 0 Å². The summed E-state index contributed by atoms with van der Waals surface area (Å²) in [5.41, 5.74) is 0.766.